The molecule has 13 nitrogen and oxygen atoms in total. The Hall–Kier alpha value is -2.87. The van der Waals surface area contributed by atoms with Gasteiger partial charge in [-0.15, -0.1) is 0 Å². The molecule has 0 aliphatic carbocycles. The van der Waals surface area contributed by atoms with Crippen LogP contribution in [0.1, 0.15) is 32.6 Å². The Balaban J connectivity index is 5.04. The Morgan fingerprint density at radius 2 is 1.45 bits per heavy atom. The molecular formula is C17H30N6O7S. The van der Waals surface area contributed by atoms with Crippen LogP contribution in [0.2, 0.25) is 0 Å². The zero-order chi connectivity index (χ0) is 24.1. The second kappa shape index (κ2) is 14.2. The van der Waals surface area contributed by atoms with Crippen molar-refractivity contribution in [1.29, 1.82) is 0 Å². The molecule has 31 heavy (non-hydrogen) atoms. The summed E-state index contributed by atoms with van der Waals surface area (Å²) in [6, 6.07) is -4.89. The molecule has 0 saturated heterocycles. The standard InChI is InChI=1S/C17H30N6O7S/c1-8(21-15(27)9(18)3-4-12(19)24)14(26)23-11(7-13(20)25)16(28)22-10(17(29)30)5-6-31-2/h8-11H,3-7,18H2,1-2H3,(H2,19,24)(H2,20,25)(H,21,27)(H,22,28)(H,23,26)(H,29,30). The number of hydrogen-bond donors (Lipinski definition) is 7. The number of carbonyl (C=O) groups excluding carboxylic acids is 5. The van der Waals surface area contributed by atoms with E-state index in [2.05, 4.69) is 16.0 Å². The fraction of sp³-hybridized carbons (Fsp3) is 0.647. The summed E-state index contributed by atoms with van der Waals surface area (Å²) in [5, 5.41) is 16.1. The van der Waals surface area contributed by atoms with Gasteiger partial charge in [0.15, 0.2) is 0 Å². The summed E-state index contributed by atoms with van der Waals surface area (Å²) in [4.78, 5) is 70.2. The average Bonchev–Trinajstić information content (AvgIpc) is 2.67. The highest BCUT2D eigenvalue weighted by Crippen LogP contribution is 2.03. The summed E-state index contributed by atoms with van der Waals surface area (Å²) >= 11 is 1.39. The van der Waals surface area contributed by atoms with Crippen molar-refractivity contribution in [3.05, 3.63) is 0 Å². The van der Waals surface area contributed by atoms with Gasteiger partial charge in [-0.2, -0.15) is 11.8 Å². The molecule has 0 radical (unpaired) electrons. The predicted octanol–water partition coefficient (Wildman–Crippen LogP) is -3.23. The lowest BCUT2D eigenvalue weighted by Crippen LogP contribution is -2.57. The van der Waals surface area contributed by atoms with Crippen molar-refractivity contribution >= 4 is 47.3 Å². The zero-order valence-corrected chi connectivity index (χ0v) is 18.2. The maximum atomic E-state index is 12.4. The van der Waals surface area contributed by atoms with Crippen LogP contribution in [0.15, 0.2) is 0 Å². The Morgan fingerprint density at radius 3 is 1.94 bits per heavy atom. The van der Waals surface area contributed by atoms with Crippen molar-refractivity contribution in [2.75, 3.05) is 12.0 Å². The van der Waals surface area contributed by atoms with Crippen molar-refractivity contribution in [2.45, 2.75) is 56.8 Å². The number of nitrogens with one attached hydrogen (secondary N) is 3. The summed E-state index contributed by atoms with van der Waals surface area (Å²) in [5.74, 6) is -4.79. The Morgan fingerprint density at radius 1 is 0.871 bits per heavy atom. The van der Waals surface area contributed by atoms with E-state index >= 15 is 0 Å². The number of carboxylic acids is 1. The molecule has 0 aliphatic heterocycles. The van der Waals surface area contributed by atoms with Crippen molar-refractivity contribution in [3.63, 3.8) is 0 Å². The number of primary amides is 2. The molecule has 0 saturated carbocycles. The van der Waals surface area contributed by atoms with Crippen LogP contribution < -0.4 is 33.2 Å². The lowest BCUT2D eigenvalue weighted by Gasteiger charge is -2.23. The molecule has 0 fully saturated rings. The molecule has 0 spiro atoms. The maximum absolute atomic E-state index is 12.4. The van der Waals surface area contributed by atoms with Crippen molar-refractivity contribution < 1.29 is 33.9 Å². The number of rotatable bonds is 15. The van der Waals surface area contributed by atoms with Crippen LogP contribution >= 0.6 is 11.8 Å². The zero-order valence-electron chi connectivity index (χ0n) is 17.4. The van der Waals surface area contributed by atoms with E-state index in [4.69, 9.17) is 17.2 Å². The SMILES string of the molecule is CSCCC(NC(=O)C(CC(N)=O)NC(=O)C(C)NC(=O)C(N)CCC(N)=O)C(=O)O. The number of carbonyl (C=O) groups is 6. The van der Waals surface area contributed by atoms with Crippen molar-refractivity contribution in [3.8, 4) is 0 Å². The lowest BCUT2D eigenvalue weighted by molar-refractivity contribution is -0.142. The van der Waals surface area contributed by atoms with Crippen molar-refractivity contribution in [2.24, 2.45) is 17.2 Å². The van der Waals surface area contributed by atoms with Gasteiger partial charge in [0, 0.05) is 6.42 Å². The Labute approximate surface area is 183 Å². The third kappa shape index (κ3) is 11.8. The van der Waals surface area contributed by atoms with Crippen LogP contribution in [-0.4, -0.2) is 76.8 Å². The van der Waals surface area contributed by atoms with E-state index in [0.717, 1.165) is 0 Å². The Bertz CT molecular complexity index is 690. The van der Waals surface area contributed by atoms with Crippen molar-refractivity contribution in [1.82, 2.24) is 16.0 Å². The van der Waals surface area contributed by atoms with Gasteiger partial charge in [-0.3, -0.25) is 24.0 Å². The highest BCUT2D eigenvalue weighted by Gasteiger charge is 2.29. The van der Waals surface area contributed by atoms with E-state index in [1.165, 1.54) is 18.7 Å². The molecule has 0 aliphatic rings. The lowest BCUT2D eigenvalue weighted by atomic mass is 10.1. The van der Waals surface area contributed by atoms with Crippen LogP contribution in [0.5, 0.6) is 0 Å². The van der Waals surface area contributed by atoms with Gasteiger partial charge in [0.2, 0.25) is 29.5 Å². The molecule has 0 rings (SSSR count). The molecular weight excluding hydrogens is 432 g/mol. The Kier molecular flexibility index (Phi) is 12.9. The summed E-state index contributed by atoms with van der Waals surface area (Å²) in [6.07, 6.45) is 1.19. The predicted molar refractivity (Wildman–Crippen MR) is 112 cm³/mol. The normalized spacial score (nSPS) is 14.4. The smallest absolute Gasteiger partial charge is 0.326 e. The summed E-state index contributed by atoms with van der Waals surface area (Å²) in [7, 11) is 0. The number of aliphatic carboxylic acids is 1. The van der Waals surface area contributed by atoms with E-state index in [0.29, 0.717) is 5.75 Å². The maximum Gasteiger partial charge on any atom is 0.326 e. The van der Waals surface area contributed by atoms with Gasteiger partial charge in [0.25, 0.3) is 0 Å². The molecule has 0 heterocycles. The molecule has 4 unspecified atom stereocenters. The first kappa shape index (κ1) is 28.1. The fourth-order valence-corrected chi connectivity index (χ4v) is 2.76. The molecule has 176 valence electrons. The van der Waals surface area contributed by atoms with Gasteiger partial charge in [-0.05, 0) is 31.8 Å². The number of thioether (sulfide) groups is 1. The molecule has 0 aromatic heterocycles. The third-order valence-corrected chi connectivity index (χ3v) is 4.70. The second-order valence-electron chi connectivity index (χ2n) is 6.75. The highest BCUT2D eigenvalue weighted by atomic mass is 32.2. The van der Waals surface area contributed by atoms with E-state index < -0.39 is 66.1 Å². The van der Waals surface area contributed by atoms with Gasteiger partial charge in [0.05, 0.1) is 12.5 Å². The van der Waals surface area contributed by atoms with Crippen LogP contribution in [0, 0.1) is 0 Å². The monoisotopic (exact) mass is 462 g/mol. The topological polar surface area (TPSA) is 237 Å². The third-order valence-electron chi connectivity index (χ3n) is 4.05. The van der Waals surface area contributed by atoms with Gasteiger partial charge >= 0.3 is 5.97 Å². The van der Waals surface area contributed by atoms with E-state index in [9.17, 15) is 33.9 Å². The molecule has 0 aromatic carbocycles. The first-order chi connectivity index (χ1) is 14.4. The average molecular weight is 463 g/mol. The van der Waals surface area contributed by atoms with E-state index in [1.54, 1.807) is 6.26 Å². The first-order valence-corrected chi connectivity index (χ1v) is 10.7. The van der Waals surface area contributed by atoms with Crippen LogP contribution in [0.3, 0.4) is 0 Å². The number of nitrogens with two attached hydrogens (primary N) is 3. The fourth-order valence-electron chi connectivity index (χ4n) is 2.29. The number of hydrogen-bond acceptors (Lipinski definition) is 8. The largest absolute Gasteiger partial charge is 0.480 e. The minimum atomic E-state index is -1.44. The van der Waals surface area contributed by atoms with Gasteiger partial charge in [-0.1, -0.05) is 0 Å². The van der Waals surface area contributed by atoms with Crippen LogP contribution in [0.4, 0.5) is 0 Å². The van der Waals surface area contributed by atoms with E-state index in [-0.39, 0.29) is 19.3 Å². The highest BCUT2D eigenvalue weighted by molar-refractivity contribution is 7.98. The minimum Gasteiger partial charge on any atom is -0.480 e. The molecule has 5 amide bonds. The summed E-state index contributed by atoms with van der Waals surface area (Å²) < 4.78 is 0. The second-order valence-corrected chi connectivity index (χ2v) is 7.74. The molecule has 0 aromatic rings. The van der Waals surface area contributed by atoms with E-state index in [1.807, 2.05) is 0 Å². The van der Waals surface area contributed by atoms with Crippen LogP contribution in [0.25, 0.3) is 0 Å². The molecule has 14 heteroatoms. The number of amides is 5. The molecule has 0 bridgehead atoms. The molecule has 4 atom stereocenters. The van der Waals surface area contributed by atoms with Gasteiger partial charge in [-0.25, -0.2) is 4.79 Å². The number of carboxylic acid groups (broad SMARTS) is 1. The van der Waals surface area contributed by atoms with Gasteiger partial charge < -0.3 is 38.3 Å². The summed E-state index contributed by atoms with van der Waals surface area (Å²) in [6.45, 7) is 1.31. The quantitative estimate of drug-likeness (QED) is 0.129. The van der Waals surface area contributed by atoms with Crippen LogP contribution in [-0.2, 0) is 28.8 Å². The molecule has 10 N–H and O–H groups in total. The van der Waals surface area contributed by atoms with Gasteiger partial charge in [0.1, 0.15) is 18.1 Å². The minimum absolute atomic E-state index is 0.0190. The first-order valence-electron chi connectivity index (χ1n) is 9.34. The summed E-state index contributed by atoms with van der Waals surface area (Å²) in [5.41, 5.74) is 15.7.